The fourth-order valence-corrected chi connectivity index (χ4v) is 0.884. The molecule has 0 saturated heterocycles. The van der Waals surface area contributed by atoms with Gasteiger partial charge in [0.25, 0.3) is 0 Å². The third-order valence-corrected chi connectivity index (χ3v) is 1.67. The summed E-state index contributed by atoms with van der Waals surface area (Å²) in [5.74, 6) is -0.497. The van der Waals surface area contributed by atoms with Crippen LogP contribution in [0.2, 0.25) is 0 Å². The molecule has 0 aliphatic rings. The SMILES string of the molecule is NC(=O)C(N)CNc1ccccc1. The van der Waals surface area contributed by atoms with Crippen molar-refractivity contribution in [1.29, 1.82) is 0 Å². The Labute approximate surface area is 76.9 Å². The summed E-state index contributed by atoms with van der Waals surface area (Å²) < 4.78 is 0. The number of benzene rings is 1. The van der Waals surface area contributed by atoms with Crippen LogP contribution in [-0.4, -0.2) is 18.5 Å². The second-order valence-electron chi connectivity index (χ2n) is 2.76. The first kappa shape index (κ1) is 9.54. The highest BCUT2D eigenvalue weighted by molar-refractivity contribution is 5.80. The quantitative estimate of drug-likeness (QED) is 0.604. The zero-order valence-corrected chi connectivity index (χ0v) is 7.23. The van der Waals surface area contributed by atoms with Gasteiger partial charge in [0.05, 0.1) is 0 Å². The summed E-state index contributed by atoms with van der Waals surface area (Å²) in [6.07, 6.45) is 0. The van der Waals surface area contributed by atoms with E-state index in [1.165, 1.54) is 0 Å². The summed E-state index contributed by atoms with van der Waals surface area (Å²) in [6.45, 7) is 0.360. The van der Waals surface area contributed by atoms with Gasteiger partial charge in [-0.2, -0.15) is 0 Å². The first-order chi connectivity index (χ1) is 6.20. The topological polar surface area (TPSA) is 81.1 Å². The summed E-state index contributed by atoms with van der Waals surface area (Å²) in [5.41, 5.74) is 11.4. The molecule has 1 aromatic rings. The van der Waals surface area contributed by atoms with Crippen molar-refractivity contribution in [2.45, 2.75) is 6.04 Å². The molecule has 0 radical (unpaired) electrons. The molecule has 0 heterocycles. The lowest BCUT2D eigenvalue weighted by atomic mass is 10.2. The van der Waals surface area contributed by atoms with Crippen LogP contribution in [0, 0.1) is 0 Å². The van der Waals surface area contributed by atoms with E-state index in [0.29, 0.717) is 6.54 Å². The molecule has 5 N–H and O–H groups in total. The van der Waals surface area contributed by atoms with Gasteiger partial charge in [0.2, 0.25) is 5.91 Å². The van der Waals surface area contributed by atoms with Gasteiger partial charge in [0.15, 0.2) is 0 Å². The molecule has 0 fully saturated rings. The normalized spacial score (nSPS) is 12.1. The van der Waals surface area contributed by atoms with Gasteiger partial charge in [-0.15, -0.1) is 0 Å². The highest BCUT2D eigenvalue weighted by Crippen LogP contribution is 2.03. The van der Waals surface area contributed by atoms with Crippen LogP contribution >= 0.6 is 0 Å². The Hall–Kier alpha value is -1.55. The van der Waals surface area contributed by atoms with Crippen molar-refractivity contribution in [3.8, 4) is 0 Å². The van der Waals surface area contributed by atoms with E-state index in [9.17, 15) is 4.79 Å². The van der Waals surface area contributed by atoms with Gasteiger partial charge in [-0.25, -0.2) is 0 Å². The van der Waals surface area contributed by atoms with Crippen LogP contribution in [0.4, 0.5) is 5.69 Å². The molecule has 1 unspecified atom stereocenters. The molecule has 4 heteroatoms. The number of hydrogen-bond donors (Lipinski definition) is 3. The third-order valence-electron chi connectivity index (χ3n) is 1.67. The van der Waals surface area contributed by atoms with Gasteiger partial charge in [-0.3, -0.25) is 4.79 Å². The number of para-hydroxylation sites is 1. The minimum Gasteiger partial charge on any atom is -0.383 e. The summed E-state index contributed by atoms with van der Waals surface area (Å²) in [6, 6.07) is 8.87. The molecular weight excluding hydrogens is 166 g/mol. The predicted octanol–water partition coefficient (Wildman–Crippen LogP) is -0.0889. The molecule has 0 aliphatic heterocycles. The predicted molar refractivity (Wildman–Crippen MR) is 52.1 cm³/mol. The zero-order chi connectivity index (χ0) is 9.68. The summed E-state index contributed by atoms with van der Waals surface area (Å²) >= 11 is 0. The number of rotatable bonds is 4. The Morgan fingerprint density at radius 1 is 1.38 bits per heavy atom. The molecule has 0 bridgehead atoms. The minimum absolute atomic E-state index is 0.360. The summed E-state index contributed by atoms with van der Waals surface area (Å²) in [4.78, 5) is 10.6. The molecule has 0 aliphatic carbocycles. The van der Waals surface area contributed by atoms with E-state index in [0.717, 1.165) is 5.69 Å². The minimum atomic E-state index is -0.639. The van der Waals surface area contributed by atoms with Crippen molar-refractivity contribution in [3.63, 3.8) is 0 Å². The molecule has 0 spiro atoms. The fourth-order valence-electron chi connectivity index (χ4n) is 0.884. The van der Waals surface area contributed by atoms with E-state index in [-0.39, 0.29) is 0 Å². The first-order valence-corrected chi connectivity index (χ1v) is 4.04. The van der Waals surface area contributed by atoms with Gasteiger partial charge < -0.3 is 16.8 Å². The van der Waals surface area contributed by atoms with E-state index in [2.05, 4.69) is 5.32 Å². The van der Waals surface area contributed by atoms with Crippen LogP contribution in [0.5, 0.6) is 0 Å². The molecule has 1 aromatic carbocycles. The molecule has 70 valence electrons. The van der Waals surface area contributed by atoms with E-state index < -0.39 is 11.9 Å². The van der Waals surface area contributed by atoms with Crippen LogP contribution in [0.1, 0.15) is 0 Å². The Kier molecular flexibility index (Phi) is 3.28. The first-order valence-electron chi connectivity index (χ1n) is 4.04. The van der Waals surface area contributed by atoms with E-state index in [4.69, 9.17) is 11.5 Å². The van der Waals surface area contributed by atoms with Gasteiger partial charge in [0, 0.05) is 12.2 Å². The molecule has 1 atom stereocenters. The molecule has 0 saturated carbocycles. The van der Waals surface area contributed by atoms with Crippen LogP contribution in [-0.2, 0) is 4.79 Å². The molecule has 1 rings (SSSR count). The number of carbonyl (C=O) groups excluding carboxylic acids is 1. The average molecular weight is 179 g/mol. The van der Waals surface area contributed by atoms with Crippen molar-refractivity contribution >= 4 is 11.6 Å². The molecular formula is C9H13N3O. The lowest BCUT2D eigenvalue weighted by Gasteiger charge is -2.09. The molecule has 0 aromatic heterocycles. The maximum atomic E-state index is 10.6. The van der Waals surface area contributed by atoms with Crippen LogP contribution in [0.25, 0.3) is 0 Å². The highest BCUT2D eigenvalue weighted by Gasteiger charge is 2.07. The zero-order valence-electron chi connectivity index (χ0n) is 7.23. The smallest absolute Gasteiger partial charge is 0.236 e. The Bertz CT molecular complexity index is 273. The van der Waals surface area contributed by atoms with Crippen molar-refractivity contribution in [3.05, 3.63) is 30.3 Å². The van der Waals surface area contributed by atoms with E-state index in [1.54, 1.807) is 0 Å². The van der Waals surface area contributed by atoms with Crippen LogP contribution in [0.15, 0.2) is 30.3 Å². The second kappa shape index (κ2) is 4.47. The summed E-state index contributed by atoms with van der Waals surface area (Å²) in [7, 11) is 0. The maximum Gasteiger partial charge on any atom is 0.236 e. The number of carbonyl (C=O) groups is 1. The van der Waals surface area contributed by atoms with Crippen molar-refractivity contribution < 1.29 is 4.79 Å². The Balaban J connectivity index is 2.39. The highest BCUT2D eigenvalue weighted by atomic mass is 16.1. The number of anilines is 1. The van der Waals surface area contributed by atoms with Gasteiger partial charge in [-0.05, 0) is 12.1 Å². The third kappa shape index (κ3) is 3.13. The maximum absolute atomic E-state index is 10.6. The van der Waals surface area contributed by atoms with Crippen LogP contribution < -0.4 is 16.8 Å². The van der Waals surface area contributed by atoms with Crippen molar-refractivity contribution in [2.24, 2.45) is 11.5 Å². The van der Waals surface area contributed by atoms with E-state index >= 15 is 0 Å². The number of amides is 1. The number of nitrogens with two attached hydrogens (primary N) is 2. The van der Waals surface area contributed by atoms with Crippen molar-refractivity contribution in [1.82, 2.24) is 0 Å². The largest absolute Gasteiger partial charge is 0.383 e. The van der Waals surface area contributed by atoms with Gasteiger partial charge in [0.1, 0.15) is 6.04 Å². The van der Waals surface area contributed by atoms with Gasteiger partial charge in [-0.1, -0.05) is 18.2 Å². The lowest BCUT2D eigenvalue weighted by molar-refractivity contribution is -0.118. The summed E-state index contributed by atoms with van der Waals surface area (Å²) in [5, 5.41) is 3.00. The fraction of sp³-hybridized carbons (Fsp3) is 0.222. The Morgan fingerprint density at radius 3 is 2.54 bits per heavy atom. The molecule has 1 amide bonds. The van der Waals surface area contributed by atoms with Gasteiger partial charge >= 0.3 is 0 Å². The monoisotopic (exact) mass is 179 g/mol. The lowest BCUT2D eigenvalue weighted by Crippen LogP contribution is -2.41. The standard InChI is InChI=1S/C9H13N3O/c10-8(9(11)13)6-12-7-4-2-1-3-5-7/h1-5,8,12H,6,10H2,(H2,11,13). The number of nitrogens with one attached hydrogen (secondary N) is 1. The molecule has 13 heavy (non-hydrogen) atoms. The van der Waals surface area contributed by atoms with E-state index in [1.807, 2.05) is 30.3 Å². The van der Waals surface area contributed by atoms with Crippen LogP contribution in [0.3, 0.4) is 0 Å². The number of hydrogen-bond acceptors (Lipinski definition) is 3. The molecule has 4 nitrogen and oxygen atoms in total. The van der Waals surface area contributed by atoms with Crippen molar-refractivity contribution in [2.75, 3.05) is 11.9 Å². The average Bonchev–Trinajstić information content (AvgIpc) is 2.15. The second-order valence-corrected chi connectivity index (χ2v) is 2.76. The number of primary amides is 1. The Morgan fingerprint density at radius 2 is 2.00 bits per heavy atom.